The number of methoxy groups -OCH3 is 1. The van der Waals surface area contributed by atoms with Gasteiger partial charge in [-0.1, -0.05) is 18.2 Å². The van der Waals surface area contributed by atoms with Crippen molar-refractivity contribution < 1.29 is 19.1 Å². The monoisotopic (exact) mass is 425 g/mol. The molecule has 0 saturated heterocycles. The molecule has 0 radical (unpaired) electrons. The van der Waals surface area contributed by atoms with E-state index in [1.165, 1.54) is 4.68 Å². The van der Waals surface area contributed by atoms with Crippen LogP contribution in [-0.4, -0.2) is 46.4 Å². The molecule has 0 amide bonds. The number of aryl methyl sites for hydroxylation is 2. The maximum Gasteiger partial charge on any atom is 0.359 e. The normalized spacial score (nSPS) is 12.2. The predicted octanol–water partition coefficient (Wildman–Crippen LogP) is 3.08. The third kappa shape index (κ3) is 4.29. The Morgan fingerprint density at radius 3 is 2.48 bits per heavy atom. The van der Waals surface area contributed by atoms with Crippen molar-refractivity contribution in [2.75, 3.05) is 20.3 Å². The quantitative estimate of drug-likeness (QED) is 0.407. The minimum Gasteiger partial charge on any atom is -0.452 e. The molecule has 0 aliphatic rings. The lowest BCUT2D eigenvalue weighted by molar-refractivity contribution is 0.0468. The van der Waals surface area contributed by atoms with Gasteiger partial charge in [-0.05, 0) is 39.8 Å². The second kappa shape index (κ2) is 9.26. The number of hydrogen-bond acceptors (Lipinski definition) is 6. The topological polar surface area (TPSA) is 92.4 Å². The zero-order valence-corrected chi connectivity index (χ0v) is 18.5. The zero-order valence-electron chi connectivity index (χ0n) is 18.5. The highest BCUT2D eigenvalue weighted by Crippen LogP contribution is 2.21. The van der Waals surface area contributed by atoms with Gasteiger partial charge in [-0.15, -0.1) is 0 Å². The number of nitrogens with zero attached hydrogens (tertiary/aromatic N) is 3. The van der Waals surface area contributed by atoms with Gasteiger partial charge in [0.2, 0.25) is 5.78 Å². The number of rotatable bonds is 8. The van der Waals surface area contributed by atoms with E-state index in [1.807, 2.05) is 25.3 Å². The van der Waals surface area contributed by atoms with Gasteiger partial charge in [0.1, 0.15) is 0 Å². The van der Waals surface area contributed by atoms with Crippen LogP contribution in [0.5, 0.6) is 0 Å². The van der Waals surface area contributed by atoms with Crippen molar-refractivity contribution in [1.82, 2.24) is 14.3 Å². The smallest absolute Gasteiger partial charge is 0.359 e. The van der Waals surface area contributed by atoms with Crippen molar-refractivity contribution in [1.29, 1.82) is 0 Å². The van der Waals surface area contributed by atoms with Crippen LogP contribution in [0, 0.1) is 13.8 Å². The first-order valence-corrected chi connectivity index (χ1v) is 10.2. The molecular formula is C23H27N3O5. The van der Waals surface area contributed by atoms with Crippen LogP contribution in [0.4, 0.5) is 0 Å². The Labute approximate surface area is 180 Å². The van der Waals surface area contributed by atoms with E-state index in [4.69, 9.17) is 9.47 Å². The summed E-state index contributed by atoms with van der Waals surface area (Å²) in [6, 6.07) is 8.60. The summed E-state index contributed by atoms with van der Waals surface area (Å²) in [6.07, 6.45) is 0. The largest absolute Gasteiger partial charge is 0.452 e. The summed E-state index contributed by atoms with van der Waals surface area (Å²) in [4.78, 5) is 38.0. The van der Waals surface area contributed by atoms with Crippen molar-refractivity contribution in [2.45, 2.75) is 40.3 Å². The lowest BCUT2D eigenvalue weighted by Gasteiger charge is -2.17. The third-order valence-electron chi connectivity index (χ3n) is 5.33. The molecule has 3 aromatic rings. The molecular weight excluding hydrogens is 398 g/mol. The van der Waals surface area contributed by atoms with Gasteiger partial charge in [0.15, 0.2) is 12.3 Å². The molecule has 0 bridgehead atoms. The van der Waals surface area contributed by atoms with Crippen LogP contribution in [0.25, 0.3) is 10.8 Å². The fraction of sp³-hybridized carbons (Fsp3) is 0.391. The fourth-order valence-electron chi connectivity index (χ4n) is 3.93. The number of esters is 1. The molecule has 0 N–H and O–H groups in total. The van der Waals surface area contributed by atoms with E-state index in [0.717, 1.165) is 11.4 Å². The number of aromatic nitrogens is 3. The number of Topliss-reactive ketones (excluding diaryl/α,β-unsaturated/α-hetero) is 1. The molecule has 1 aromatic carbocycles. The lowest BCUT2D eigenvalue weighted by Crippen LogP contribution is -2.26. The van der Waals surface area contributed by atoms with E-state index in [1.54, 1.807) is 44.4 Å². The minimum absolute atomic E-state index is 0.0176. The summed E-state index contributed by atoms with van der Waals surface area (Å²) < 4.78 is 13.8. The second-order valence-electron chi connectivity index (χ2n) is 7.47. The Hall–Kier alpha value is -3.26. The number of carbonyl (C=O) groups is 2. The number of ketones is 1. The summed E-state index contributed by atoms with van der Waals surface area (Å²) in [7, 11) is 1.63. The molecule has 31 heavy (non-hydrogen) atoms. The zero-order chi connectivity index (χ0) is 22.7. The predicted molar refractivity (Wildman–Crippen MR) is 117 cm³/mol. The Balaban J connectivity index is 1.84. The summed E-state index contributed by atoms with van der Waals surface area (Å²) >= 11 is 0. The van der Waals surface area contributed by atoms with E-state index < -0.39 is 12.6 Å². The maximum atomic E-state index is 12.8. The maximum absolute atomic E-state index is 12.8. The Kier molecular flexibility index (Phi) is 6.70. The summed E-state index contributed by atoms with van der Waals surface area (Å²) in [6.45, 7) is 7.98. The molecule has 0 aliphatic carbocycles. The van der Waals surface area contributed by atoms with E-state index in [2.05, 4.69) is 5.10 Å². The van der Waals surface area contributed by atoms with Gasteiger partial charge in [-0.2, -0.15) is 5.10 Å². The number of ether oxygens (including phenoxy) is 2. The summed E-state index contributed by atoms with van der Waals surface area (Å²) in [5, 5.41) is 4.94. The van der Waals surface area contributed by atoms with E-state index in [-0.39, 0.29) is 23.1 Å². The summed E-state index contributed by atoms with van der Waals surface area (Å²) in [5.41, 5.74) is 1.97. The Morgan fingerprint density at radius 1 is 1.16 bits per heavy atom. The second-order valence-corrected chi connectivity index (χ2v) is 7.47. The SMILES string of the molecule is CCn1nc(C(=O)OCC(=O)c2cc(C)n([C@@H](C)COC)c2C)c2ccccc2c1=O. The molecule has 0 fully saturated rings. The van der Waals surface area contributed by atoms with Gasteiger partial charge in [0, 0.05) is 36.0 Å². The molecule has 3 rings (SSSR count). The van der Waals surface area contributed by atoms with Crippen LogP contribution >= 0.6 is 0 Å². The van der Waals surface area contributed by atoms with Gasteiger partial charge in [-0.3, -0.25) is 9.59 Å². The molecule has 8 heteroatoms. The van der Waals surface area contributed by atoms with E-state index >= 15 is 0 Å². The molecule has 2 aromatic heterocycles. The van der Waals surface area contributed by atoms with Crippen molar-refractivity contribution in [2.24, 2.45) is 0 Å². The first-order valence-electron chi connectivity index (χ1n) is 10.2. The average molecular weight is 425 g/mol. The van der Waals surface area contributed by atoms with E-state index in [0.29, 0.717) is 29.5 Å². The van der Waals surface area contributed by atoms with Crippen LogP contribution < -0.4 is 5.56 Å². The van der Waals surface area contributed by atoms with Crippen molar-refractivity contribution in [3.63, 3.8) is 0 Å². The number of carbonyl (C=O) groups excluding carboxylic acids is 2. The van der Waals surface area contributed by atoms with Gasteiger partial charge in [0.05, 0.1) is 18.0 Å². The highest BCUT2D eigenvalue weighted by molar-refractivity contribution is 6.04. The van der Waals surface area contributed by atoms with Crippen molar-refractivity contribution >= 4 is 22.5 Å². The third-order valence-corrected chi connectivity index (χ3v) is 5.33. The van der Waals surface area contributed by atoms with Crippen LogP contribution in [0.1, 0.15) is 52.1 Å². The first-order chi connectivity index (χ1) is 14.8. The average Bonchev–Trinajstić information content (AvgIpc) is 3.06. The molecule has 1 atom stereocenters. The minimum atomic E-state index is -0.742. The highest BCUT2D eigenvalue weighted by atomic mass is 16.5. The van der Waals surface area contributed by atoms with Crippen LogP contribution in [0.2, 0.25) is 0 Å². The van der Waals surface area contributed by atoms with E-state index in [9.17, 15) is 14.4 Å². The molecule has 0 unspecified atom stereocenters. The van der Waals surface area contributed by atoms with Gasteiger partial charge < -0.3 is 14.0 Å². The van der Waals surface area contributed by atoms with Gasteiger partial charge in [-0.25, -0.2) is 9.48 Å². The lowest BCUT2D eigenvalue weighted by atomic mass is 10.1. The molecule has 0 saturated carbocycles. The Bertz CT molecular complexity index is 1190. The highest BCUT2D eigenvalue weighted by Gasteiger charge is 2.22. The molecule has 8 nitrogen and oxygen atoms in total. The standard InChI is InChI=1S/C23H27N3O5/c1-6-25-22(28)18-10-8-7-9-17(18)21(24-25)23(29)31-13-20(27)19-11-14(2)26(16(19)4)15(3)12-30-5/h7-11,15H,6,12-13H2,1-5H3/t15-/m0/s1. The number of hydrogen-bond donors (Lipinski definition) is 0. The Morgan fingerprint density at radius 2 is 1.84 bits per heavy atom. The van der Waals surface area contributed by atoms with Crippen molar-refractivity contribution in [3.05, 3.63) is 63.3 Å². The molecule has 0 aliphatic heterocycles. The number of fused-ring (bicyclic) bond motifs is 1. The van der Waals surface area contributed by atoms with Crippen LogP contribution in [-0.2, 0) is 16.0 Å². The van der Waals surface area contributed by atoms with Gasteiger partial charge >= 0.3 is 5.97 Å². The van der Waals surface area contributed by atoms with Gasteiger partial charge in [0.25, 0.3) is 5.56 Å². The van der Waals surface area contributed by atoms with Crippen molar-refractivity contribution in [3.8, 4) is 0 Å². The number of benzene rings is 1. The summed E-state index contributed by atoms with van der Waals surface area (Å²) in [5.74, 6) is -1.04. The van der Waals surface area contributed by atoms with Crippen LogP contribution in [0.15, 0.2) is 35.1 Å². The fourth-order valence-corrected chi connectivity index (χ4v) is 3.93. The molecule has 2 heterocycles. The molecule has 0 spiro atoms. The first kappa shape index (κ1) is 22.4. The molecule has 164 valence electrons. The van der Waals surface area contributed by atoms with Crippen LogP contribution in [0.3, 0.4) is 0 Å².